The van der Waals surface area contributed by atoms with Crippen molar-refractivity contribution < 1.29 is 14.3 Å². The second-order valence-corrected chi connectivity index (χ2v) is 8.76. The largest absolute Gasteiger partial charge is 0.497 e. The number of nitrogens with zero attached hydrogens (tertiary/aromatic N) is 3. The van der Waals surface area contributed by atoms with Gasteiger partial charge in [0.05, 0.1) is 12.7 Å². The number of carbonyl (C=O) groups excluding carboxylic acids is 2. The number of aromatic nitrogens is 1. The molecule has 1 aromatic heterocycles. The molecule has 2 aliphatic rings. The van der Waals surface area contributed by atoms with Crippen LogP contribution in [0.1, 0.15) is 56.6 Å². The van der Waals surface area contributed by atoms with Crippen molar-refractivity contribution in [3.8, 4) is 5.75 Å². The van der Waals surface area contributed by atoms with Crippen LogP contribution in [0.3, 0.4) is 0 Å². The first kappa shape index (κ1) is 23.0. The van der Waals surface area contributed by atoms with E-state index >= 15 is 0 Å². The Morgan fingerprint density at radius 1 is 0.970 bits per heavy atom. The van der Waals surface area contributed by atoms with Gasteiger partial charge in [-0.2, -0.15) is 0 Å². The molecule has 1 saturated carbocycles. The minimum Gasteiger partial charge on any atom is -0.497 e. The van der Waals surface area contributed by atoms with E-state index < -0.39 is 0 Å². The lowest BCUT2D eigenvalue weighted by Crippen LogP contribution is -2.42. The van der Waals surface area contributed by atoms with Crippen LogP contribution in [0.2, 0.25) is 0 Å². The number of methoxy groups -OCH3 is 1. The zero-order chi connectivity index (χ0) is 23.2. The summed E-state index contributed by atoms with van der Waals surface area (Å²) >= 11 is 0. The average Bonchev–Trinajstić information content (AvgIpc) is 3.01. The summed E-state index contributed by atoms with van der Waals surface area (Å²) in [5.41, 5.74) is 2.98. The van der Waals surface area contributed by atoms with Crippen molar-refractivity contribution >= 4 is 17.4 Å². The lowest BCUT2D eigenvalue weighted by atomic mass is 10.0. The highest BCUT2D eigenvalue weighted by Crippen LogP contribution is 2.36. The minimum absolute atomic E-state index is 0.0165. The Kier molecular flexibility index (Phi) is 7.43. The molecule has 0 N–H and O–H groups in total. The highest BCUT2D eigenvalue weighted by molar-refractivity contribution is 6.35. The van der Waals surface area contributed by atoms with E-state index in [1.54, 1.807) is 24.4 Å². The van der Waals surface area contributed by atoms with E-state index in [0.29, 0.717) is 24.4 Å². The van der Waals surface area contributed by atoms with E-state index in [1.807, 2.05) is 43.3 Å². The van der Waals surface area contributed by atoms with Gasteiger partial charge in [-0.15, -0.1) is 0 Å². The number of ether oxygens (including phenoxy) is 1. The van der Waals surface area contributed by atoms with E-state index in [9.17, 15) is 9.59 Å². The number of amides is 2. The number of imide groups is 1. The van der Waals surface area contributed by atoms with Crippen LogP contribution < -0.4 is 4.74 Å². The van der Waals surface area contributed by atoms with Gasteiger partial charge in [-0.05, 0) is 61.6 Å². The molecule has 1 fully saturated rings. The summed E-state index contributed by atoms with van der Waals surface area (Å²) in [7, 11) is 1.62. The van der Waals surface area contributed by atoms with Crippen LogP contribution in [-0.4, -0.2) is 52.8 Å². The van der Waals surface area contributed by atoms with Gasteiger partial charge in [-0.3, -0.25) is 19.5 Å². The molecular formula is C27H33N3O3. The fourth-order valence-electron chi connectivity index (χ4n) is 4.94. The van der Waals surface area contributed by atoms with Gasteiger partial charge in [-0.1, -0.05) is 37.8 Å². The minimum atomic E-state index is -0.158. The lowest BCUT2D eigenvalue weighted by molar-refractivity contribution is -0.140. The van der Waals surface area contributed by atoms with Gasteiger partial charge in [0, 0.05) is 31.5 Å². The predicted octanol–water partition coefficient (Wildman–Crippen LogP) is 4.46. The Balaban J connectivity index is 1.70. The van der Waals surface area contributed by atoms with Crippen LogP contribution in [0, 0.1) is 0 Å². The van der Waals surface area contributed by atoms with Gasteiger partial charge >= 0.3 is 0 Å². The molecule has 174 valence electrons. The average molecular weight is 448 g/mol. The third-order valence-electron chi connectivity index (χ3n) is 6.78. The summed E-state index contributed by atoms with van der Waals surface area (Å²) in [5.74, 6) is 0.423. The quantitative estimate of drug-likeness (QED) is 0.442. The number of likely N-dealkylation sites (N-methyl/N-ethyl adjacent to an activating group) is 1. The SMILES string of the molecule is CCN(CCc1ccncc1)C1=C(c2ccc(OC)cc2)C(=O)N(C2CCCCCC2)C1=O. The summed E-state index contributed by atoms with van der Waals surface area (Å²) in [4.78, 5) is 35.3. The molecule has 0 bridgehead atoms. The molecule has 1 aliphatic carbocycles. The molecule has 0 unspecified atom stereocenters. The molecule has 1 aromatic carbocycles. The zero-order valence-corrected chi connectivity index (χ0v) is 19.6. The Hall–Kier alpha value is -3.15. The molecular weight excluding hydrogens is 414 g/mol. The normalized spacial score (nSPS) is 17.5. The highest BCUT2D eigenvalue weighted by atomic mass is 16.5. The fraction of sp³-hybridized carbons (Fsp3) is 0.444. The van der Waals surface area contributed by atoms with Crippen molar-refractivity contribution in [1.82, 2.24) is 14.8 Å². The van der Waals surface area contributed by atoms with Gasteiger partial charge in [0.2, 0.25) is 0 Å². The van der Waals surface area contributed by atoms with Gasteiger partial charge in [0.1, 0.15) is 11.4 Å². The first-order valence-corrected chi connectivity index (χ1v) is 12.0. The zero-order valence-electron chi connectivity index (χ0n) is 19.6. The fourth-order valence-corrected chi connectivity index (χ4v) is 4.94. The van der Waals surface area contributed by atoms with Crippen LogP contribution in [-0.2, 0) is 16.0 Å². The first-order valence-electron chi connectivity index (χ1n) is 12.0. The molecule has 0 saturated heterocycles. The van der Waals surface area contributed by atoms with Gasteiger partial charge in [0.15, 0.2) is 0 Å². The molecule has 4 rings (SSSR count). The number of hydrogen-bond donors (Lipinski definition) is 0. The first-order chi connectivity index (χ1) is 16.1. The van der Waals surface area contributed by atoms with Crippen molar-refractivity contribution in [3.63, 3.8) is 0 Å². The van der Waals surface area contributed by atoms with Crippen molar-refractivity contribution in [1.29, 1.82) is 0 Å². The maximum atomic E-state index is 13.8. The number of rotatable bonds is 8. The second-order valence-electron chi connectivity index (χ2n) is 8.76. The van der Waals surface area contributed by atoms with Crippen LogP contribution >= 0.6 is 0 Å². The Morgan fingerprint density at radius 2 is 1.64 bits per heavy atom. The Morgan fingerprint density at radius 3 is 2.24 bits per heavy atom. The second kappa shape index (κ2) is 10.6. The lowest BCUT2D eigenvalue weighted by Gasteiger charge is -2.28. The molecule has 33 heavy (non-hydrogen) atoms. The summed E-state index contributed by atoms with van der Waals surface area (Å²) < 4.78 is 5.30. The number of carbonyl (C=O) groups is 2. The van der Waals surface area contributed by atoms with Crippen molar-refractivity contribution in [2.24, 2.45) is 0 Å². The molecule has 0 spiro atoms. The molecule has 0 radical (unpaired) electrons. The number of hydrogen-bond acceptors (Lipinski definition) is 5. The standard InChI is InChI=1S/C27H33N3O3/c1-3-29(19-16-20-14-17-28-18-15-20)25-24(21-10-12-23(33-2)13-11-21)26(31)30(27(25)32)22-8-6-4-5-7-9-22/h10-15,17-18,22H,3-9,16,19H2,1-2H3. The van der Waals surface area contributed by atoms with E-state index in [4.69, 9.17) is 4.74 Å². The molecule has 2 heterocycles. The summed E-state index contributed by atoms with van der Waals surface area (Å²) in [6, 6.07) is 11.4. The molecule has 0 atom stereocenters. The molecule has 1 aliphatic heterocycles. The van der Waals surface area contributed by atoms with E-state index in [-0.39, 0.29) is 17.9 Å². The number of benzene rings is 1. The smallest absolute Gasteiger partial charge is 0.278 e. The Bertz CT molecular complexity index is 993. The highest BCUT2D eigenvalue weighted by Gasteiger charge is 2.44. The van der Waals surface area contributed by atoms with Crippen LogP contribution in [0.4, 0.5) is 0 Å². The van der Waals surface area contributed by atoms with E-state index in [2.05, 4.69) is 9.88 Å². The monoisotopic (exact) mass is 447 g/mol. The molecule has 6 nitrogen and oxygen atoms in total. The Labute approximate surface area is 196 Å². The van der Waals surface area contributed by atoms with Crippen LogP contribution in [0.15, 0.2) is 54.5 Å². The van der Waals surface area contributed by atoms with Gasteiger partial charge < -0.3 is 9.64 Å². The van der Waals surface area contributed by atoms with Crippen molar-refractivity contribution in [3.05, 3.63) is 65.6 Å². The molecule has 2 amide bonds. The summed E-state index contributed by atoms with van der Waals surface area (Å²) in [5, 5.41) is 0. The van der Waals surface area contributed by atoms with Crippen molar-refractivity contribution in [2.75, 3.05) is 20.2 Å². The number of pyridine rings is 1. The van der Waals surface area contributed by atoms with Crippen molar-refractivity contribution in [2.45, 2.75) is 57.9 Å². The third kappa shape index (κ3) is 4.95. The topological polar surface area (TPSA) is 62.7 Å². The summed E-state index contributed by atoms with van der Waals surface area (Å²) in [6.45, 7) is 3.35. The summed E-state index contributed by atoms with van der Waals surface area (Å²) in [6.07, 6.45) is 10.6. The van der Waals surface area contributed by atoms with E-state index in [1.165, 1.54) is 12.8 Å². The predicted molar refractivity (Wildman–Crippen MR) is 128 cm³/mol. The van der Waals surface area contributed by atoms with E-state index in [0.717, 1.165) is 49.0 Å². The van der Waals surface area contributed by atoms with Gasteiger partial charge in [-0.25, -0.2) is 0 Å². The van der Waals surface area contributed by atoms with Crippen LogP contribution in [0.5, 0.6) is 5.75 Å². The third-order valence-corrected chi connectivity index (χ3v) is 6.78. The van der Waals surface area contributed by atoms with Gasteiger partial charge in [0.25, 0.3) is 11.8 Å². The molecule has 6 heteroatoms. The maximum Gasteiger partial charge on any atom is 0.278 e. The maximum absolute atomic E-state index is 13.8. The molecule has 2 aromatic rings. The van der Waals surface area contributed by atoms with Crippen LogP contribution in [0.25, 0.3) is 5.57 Å².